The van der Waals surface area contributed by atoms with Crippen LogP contribution in [-0.2, 0) is 4.74 Å². The zero-order valence-corrected chi connectivity index (χ0v) is 19.3. The minimum absolute atomic E-state index is 0.200. The summed E-state index contributed by atoms with van der Waals surface area (Å²) in [5.74, 6) is -7.06. The number of ether oxygens (including phenoxy) is 1. The Hall–Kier alpha value is -3.68. The van der Waals surface area contributed by atoms with E-state index in [-0.39, 0.29) is 32.1 Å². The minimum atomic E-state index is -4.92. The van der Waals surface area contributed by atoms with Gasteiger partial charge in [-0.3, -0.25) is 14.2 Å². The van der Waals surface area contributed by atoms with Crippen LogP contribution in [0, 0.1) is 23.3 Å². The summed E-state index contributed by atoms with van der Waals surface area (Å²) in [5.41, 5.74) is -6.50. The summed E-state index contributed by atoms with van der Waals surface area (Å²) >= 11 is 0. The molecule has 37 heavy (non-hydrogen) atoms. The second kappa shape index (κ2) is 9.32. The quantitative estimate of drug-likeness (QED) is 0.517. The monoisotopic (exact) mass is 532 g/mol. The summed E-state index contributed by atoms with van der Waals surface area (Å²) in [6.45, 7) is 2.12. The Labute approximate surface area is 204 Å². The van der Waals surface area contributed by atoms with Crippen molar-refractivity contribution in [2.45, 2.75) is 25.6 Å². The number of alkyl halides is 3. The normalized spacial score (nSPS) is 14.8. The molecule has 1 N–H and O–H groups in total. The number of rotatable bonds is 4. The highest BCUT2D eigenvalue weighted by atomic mass is 19.4. The zero-order valence-electron chi connectivity index (χ0n) is 19.3. The van der Waals surface area contributed by atoms with Gasteiger partial charge in [0.1, 0.15) is 22.6 Å². The molecule has 2 aromatic heterocycles. The van der Waals surface area contributed by atoms with Crippen LogP contribution in [-0.4, -0.2) is 53.5 Å². The van der Waals surface area contributed by atoms with Crippen molar-refractivity contribution in [1.82, 2.24) is 14.9 Å². The lowest BCUT2D eigenvalue weighted by Crippen LogP contribution is -2.54. The lowest BCUT2D eigenvalue weighted by molar-refractivity contribution is -0.182. The van der Waals surface area contributed by atoms with Gasteiger partial charge >= 0.3 is 6.18 Å². The average Bonchev–Trinajstić information content (AvgIpc) is 2.79. The molecule has 7 nitrogen and oxygen atoms in total. The van der Waals surface area contributed by atoms with Gasteiger partial charge in [-0.05, 0) is 19.9 Å². The van der Waals surface area contributed by atoms with Crippen LogP contribution >= 0.6 is 0 Å². The van der Waals surface area contributed by atoms with Gasteiger partial charge in [0.2, 0.25) is 5.43 Å². The molecule has 3 heterocycles. The molecule has 14 heteroatoms. The standard InChI is InChI=1S/C23H19F7N4O3/c1-22(2,23(28,29)30)32-21(36)13-10-34(17-14(25)7-11(24)8-15(17)26)19-12(18(13)35)9-16(27)20(31-19)33-3-5-37-6-4-33/h7-10H,3-6H2,1-2H3,(H,32,36). The highest BCUT2D eigenvalue weighted by molar-refractivity contribution is 5.97. The molecule has 0 atom stereocenters. The van der Waals surface area contributed by atoms with Gasteiger partial charge in [-0.25, -0.2) is 22.5 Å². The lowest BCUT2D eigenvalue weighted by atomic mass is 10.0. The molecule has 1 fully saturated rings. The summed E-state index contributed by atoms with van der Waals surface area (Å²) in [6.07, 6.45) is -4.34. The fourth-order valence-electron chi connectivity index (χ4n) is 3.73. The fraction of sp³-hybridized carbons (Fsp3) is 0.348. The van der Waals surface area contributed by atoms with E-state index in [9.17, 15) is 35.9 Å². The number of fused-ring (bicyclic) bond motifs is 1. The van der Waals surface area contributed by atoms with E-state index in [1.165, 1.54) is 4.90 Å². The number of carbonyl (C=O) groups excluding carboxylic acids is 1. The van der Waals surface area contributed by atoms with Crippen molar-refractivity contribution in [3.63, 3.8) is 0 Å². The number of carbonyl (C=O) groups is 1. The van der Waals surface area contributed by atoms with E-state index >= 15 is 4.39 Å². The third-order valence-electron chi connectivity index (χ3n) is 5.83. The van der Waals surface area contributed by atoms with Crippen LogP contribution in [0.5, 0.6) is 0 Å². The first kappa shape index (κ1) is 26.4. The Morgan fingerprint density at radius 3 is 2.16 bits per heavy atom. The number of nitrogens with one attached hydrogen (secondary N) is 1. The maximum Gasteiger partial charge on any atom is 0.410 e. The molecule has 0 aliphatic carbocycles. The average molecular weight is 532 g/mol. The third kappa shape index (κ3) is 4.84. The first-order chi connectivity index (χ1) is 17.2. The Bertz CT molecular complexity index is 1420. The topological polar surface area (TPSA) is 76.5 Å². The van der Waals surface area contributed by atoms with Crippen molar-refractivity contribution in [2.75, 3.05) is 31.2 Å². The zero-order chi connectivity index (χ0) is 27.3. The van der Waals surface area contributed by atoms with Crippen LogP contribution in [0.1, 0.15) is 24.2 Å². The highest BCUT2D eigenvalue weighted by Gasteiger charge is 2.48. The number of anilines is 1. The van der Waals surface area contributed by atoms with Crippen molar-refractivity contribution in [3.8, 4) is 5.69 Å². The van der Waals surface area contributed by atoms with Gasteiger partial charge in [0.15, 0.2) is 28.9 Å². The number of hydrogen-bond acceptors (Lipinski definition) is 5. The summed E-state index contributed by atoms with van der Waals surface area (Å²) < 4.78 is 104. The smallest absolute Gasteiger partial charge is 0.378 e. The number of morpholine rings is 1. The van der Waals surface area contributed by atoms with Crippen LogP contribution in [0.15, 0.2) is 29.2 Å². The van der Waals surface area contributed by atoms with Crippen LogP contribution in [0.25, 0.3) is 16.7 Å². The van der Waals surface area contributed by atoms with Crippen molar-refractivity contribution in [3.05, 3.63) is 63.5 Å². The van der Waals surface area contributed by atoms with E-state index < -0.39 is 68.6 Å². The third-order valence-corrected chi connectivity index (χ3v) is 5.83. The number of aromatic nitrogens is 2. The van der Waals surface area contributed by atoms with E-state index in [1.807, 2.05) is 0 Å². The van der Waals surface area contributed by atoms with Crippen LogP contribution in [0.3, 0.4) is 0 Å². The number of amides is 1. The predicted octanol–water partition coefficient (Wildman–Crippen LogP) is 3.85. The molecule has 1 aromatic carbocycles. The summed E-state index contributed by atoms with van der Waals surface area (Å²) in [7, 11) is 0. The second-order valence-electron chi connectivity index (χ2n) is 8.80. The van der Waals surface area contributed by atoms with Gasteiger partial charge < -0.3 is 15.0 Å². The minimum Gasteiger partial charge on any atom is -0.378 e. The Balaban J connectivity index is 2.00. The maximum atomic E-state index is 15.0. The van der Waals surface area contributed by atoms with Gasteiger partial charge in [-0.2, -0.15) is 13.2 Å². The molecule has 0 radical (unpaired) electrons. The molecule has 1 amide bonds. The van der Waals surface area contributed by atoms with Crippen molar-refractivity contribution in [1.29, 1.82) is 0 Å². The Kier molecular flexibility index (Phi) is 6.65. The predicted molar refractivity (Wildman–Crippen MR) is 118 cm³/mol. The molecule has 1 saturated heterocycles. The molecule has 0 bridgehead atoms. The molecule has 1 aliphatic rings. The molecule has 198 valence electrons. The van der Waals surface area contributed by atoms with Gasteiger partial charge in [-0.15, -0.1) is 0 Å². The van der Waals surface area contributed by atoms with Crippen LogP contribution in [0.4, 0.5) is 36.6 Å². The molecular formula is C23H19F7N4O3. The van der Waals surface area contributed by atoms with Gasteiger partial charge in [0.05, 0.1) is 18.6 Å². The number of halogens is 7. The number of nitrogens with zero attached hydrogens (tertiary/aromatic N) is 3. The Morgan fingerprint density at radius 1 is 1.00 bits per heavy atom. The number of pyridine rings is 2. The first-order valence-corrected chi connectivity index (χ1v) is 10.8. The maximum absolute atomic E-state index is 15.0. The first-order valence-electron chi connectivity index (χ1n) is 10.8. The van der Waals surface area contributed by atoms with Gasteiger partial charge in [0.25, 0.3) is 5.91 Å². The summed E-state index contributed by atoms with van der Waals surface area (Å²) in [6, 6.07) is 1.32. The van der Waals surface area contributed by atoms with Crippen molar-refractivity contribution >= 4 is 22.8 Å². The van der Waals surface area contributed by atoms with E-state index in [1.54, 1.807) is 5.32 Å². The highest BCUT2D eigenvalue weighted by Crippen LogP contribution is 2.30. The molecule has 1 aliphatic heterocycles. The SMILES string of the molecule is CC(C)(NC(=O)c1cn(-c2c(F)cc(F)cc2F)c2nc(N3CCOCC3)c(F)cc2c1=O)C(F)(F)F. The molecule has 0 spiro atoms. The molecule has 0 unspecified atom stereocenters. The van der Waals surface area contributed by atoms with E-state index in [2.05, 4.69) is 4.98 Å². The summed E-state index contributed by atoms with van der Waals surface area (Å²) in [5, 5.41) is 1.01. The van der Waals surface area contributed by atoms with Crippen molar-refractivity contribution in [2.24, 2.45) is 0 Å². The number of hydrogen-bond donors (Lipinski definition) is 1. The van der Waals surface area contributed by atoms with Crippen molar-refractivity contribution < 1.29 is 40.3 Å². The molecule has 3 aromatic rings. The van der Waals surface area contributed by atoms with E-state index in [0.717, 1.165) is 0 Å². The van der Waals surface area contributed by atoms with Crippen LogP contribution in [0.2, 0.25) is 0 Å². The largest absolute Gasteiger partial charge is 0.410 e. The fourth-order valence-corrected chi connectivity index (χ4v) is 3.73. The van der Waals surface area contributed by atoms with E-state index in [0.29, 0.717) is 42.8 Å². The van der Waals surface area contributed by atoms with Crippen LogP contribution < -0.4 is 15.6 Å². The summed E-state index contributed by atoms with van der Waals surface area (Å²) in [4.78, 5) is 31.4. The molecular weight excluding hydrogens is 513 g/mol. The van der Waals surface area contributed by atoms with Gasteiger partial charge in [-0.1, -0.05) is 0 Å². The number of benzene rings is 1. The molecule has 4 rings (SSSR count). The second-order valence-corrected chi connectivity index (χ2v) is 8.80. The Morgan fingerprint density at radius 2 is 1.59 bits per heavy atom. The van der Waals surface area contributed by atoms with Gasteiger partial charge in [0, 0.05) is 31.4 Å². The molecule has 0 saturated carbocycles. The lowest BCUT2D eigenvalue weighted by Gasteiger charge is -2.29. The van der Waals surface area contributed by atoms with E-state index in [4.69, 9.17) is 4.74 Å².